The summed E-state index contributed by atoms with van der Waals surface area (Å²) in [5.74, 6) is -0.620. The molecule has 2 aromatic rings. The maximum atomic E-state index is 13.1. The summed E-state index contributed by atoms with van der Waals surface area (Å²) in [6, 6.07) is 12.5. The molecule has 0 radical (unpaired) electrons. The van der Waals surface area contributed by atoms with Crippen molar-refractivity contribution in [1.82, 2.24) is 0 Å². The van der Waals surface area contributed by atoms with Gasteiger partial charge in [0.25, 0.3) is 12.3 Å². The van der Waals surface area contributed by atoms with Crippen molar-refractivity contribution in [2.45, 2.75) is 38.7 Å². The van der Waals surface area contributed by atoms with Crippen LogP contribution in [0.5, 0.6) is 0 Å². The van der Waals surface area contributed by atoms with Gasteiger partial charge in [0.2, 0.25) is 0 Å². The van der Waals surface area contributed by atoms with Gasteiger partial charge in [-0.2, -0.15) is 0 Å². The van der Waals surface area contributed by atoms with E-state index < -0.39 is 17.9 Å². The number of aliphatic hydroxyl groups is 1. The molecule has 0 aliphatic carbocycles. The lowest BCUT2D eigenvalue weighted by molar-refractivity contribution is 0.0477. The van der Waals surface area contributed by atoms with Crippen molar-refractivity contribution in [2.24, 2.45) is 0 Å². The van der Waals surface area contributed by atoms with E-state index in [9.17, 15) is 18.7 Å². The second kappa shape index (κ2) is 7.53. The summed E-state index contributed by atoms with van der Waals surface area (Å²) in [5, 5.41) is 13.3. The Morgan fingerprint density at radius 3 is 2.46 bits per heavy atom. The third-order valence-corrected chi connectivity index (χ3v) is 3.93. The van der Waals surface area contributed by atoms with Gasteiger partial charge in [-0.25, -0.2) is 8.78 Å². The fourth-order valence-electron chi connectivity index (χ4n) is 2.77. The van der Waals surface area contributed by atoms with Crippen molar-refractivity contribution in [3.63, 3.8) is 0 Å². The van der Waals surface area contributed by atoms with Gasteiger partial charge in [-0.1, -0.05) is 49.7 Å². The molecule has 0 heterocycles. The molecule has 2 N–H and O–H groups in total. The second-order valence-corrected chi connectivity index (χ2v) is 5.91. The zero-order valence-corrected chi connectivity index (χ0v) is 13.7. The second-order valence-electron chi connectivity index (χ2n) is 5.91. The molecule has 2 aromatic carbocycles. The highest BCUT2D eigenvalue weighted by Gasteiger charge is 2.26. The molecule has 0 aliphatic heterocycles. The Hall–Kier alpha value is -2.27. The van der Waals surface area contributed by atoms with Crippen LogP contribution in [0.15, 0.2) is 48.5 Å². The zero-order valence-electron chi connectivity index (χ0n) is 13.7. The molecule has 0 aromatic heterocycles. The predicted octanol–water partition coefficient (Wildman–Crippen LogP) is 4.88. The molecule has 0 saturated carbocycles. The van der Waals surface area contributed by atoms with Crippen LogP contribution in [0.3, 0.4) is 0 Å². The van der Waals surface area contributed by atoms with Gasteiger partial charge < -0.3 is 10.4 Å². The van der Waals surface area contributed by atoms with Gasteiger partial charge in [0.15, 0.2) is 0 Å². The first-order chi connectivity index (χ1) is 11.4. The van der Waals surface area contributed by atoms with Crippen molar-refractivity contribution < 1.29 is 18.7 Å². The maximum Gasteiger partial charge on any atom is 0.264 e. The lowest BCUT2D eigenvalue weighted by Gasteiger charge is -2.26. The predicted molar refractivity (Wildman–Crippen MR) is 90.3 cm³/mol. The molecule has 128 valence electrons. The summed E-state index contributed by atoms with van der Waals surface area (Å²) in [4.78, 5) is 12.5. The molecule has 1 amide bonds. The first-order valence-corrected chi connectivity index (χ1v) is 7.87. The molecule has 3 nitrogen and oxygen atoms in total. The topological polar surface area (TPSA) is 49.3 Å². The summed E-state index contributed by atoms with van der Waals surface area (Å²) >= 11 is 0. The van der Waals surface area contributed by atoms with Crippen molar-refractivity contribution in [1.29, 1.82) is 0 Å². The van der Waals surface area contributed by atoms with Crippen LogP contribution in [0, 0.1) is 0 Å². The van der Waals surface area contributed by atoms with Crippen molar-refractivity contribution >= 4 is 11.6 Å². The molecular formula is C19H21F2NO2. The molecule has 0 aliphatic rings. The average molecular weight is 333 g/mol. The van der Waals surface area contributed by atoms with E-state index in [1.54, 1.807) is 37.3 Å². The number of nitrogens with one attached hydrogen (secondary N) is 1. The first-order valence-electron chi connectivity index (χ1n) is 7.87. The van der Waals surface area contributed by atoms with Gasteiger partial charge in [-0.3, -0.25) is 4.79 Å². The molecule has 2 rings (SSSR count). The summed E-state index contributed by atoms with van der Waals surface area (Å²) in [7, 11) is 0. The third-order valence-electron chi connectivity index (χ3n) is 3.93. The van der Waals surface area contributed by atoms with Crippen LogP contribution in [-0.4, -0.2) is 11.0 Å². The Bertz CT molecular complexity index is 714. The minimum Gasteiger partial charge on any atom is -0.385 e. The van der Waals surface area contributed by atoms with Crippen molar-refractivity contribution in [3.05, 3.63) is 65.2 Å². The standard InChI is InChI=1S/C19H21F2NO2/c1-3-12-19(2,24)15-10-6-7-11-16(15)22-18(23)14-9-5-4-8-13(14)17(20)21/h4-11,17,24H,3,12H2,1-2H3,(H,22,23). The maximum absolute atomic E-state index is 13.1. The molecule has 0 spiro atoms. The van der Waals surface area contributed by atoms with Crippen LogP contribution in [0.25, 0.3) is 0 Å². The summed E-state index contributed by atoms with van der Waals surface area (Å²) < 4.78 is 26.2. The first kappa shape index (κ1) is 18.1. The highest BCUT2D eigenvalue weighted by Crippen LogP contribution is 2.32. The van der Waals surface area contributed by atoms with E-state index in [0.29, 0.717) is 17.7 Å². The lowest BCUT2D eigenvalue weighted by atomic mass is 9.90. The summed E-state index contributed by atoms with van der Waals surface area (Å²) in [6.45, 7) is 3.63. The number of para-hydroxylation sites is 1. The molecular weight excluding hydrogens is 312 g/mol. The number of hydrogen-bond donors (Lipinski definition) is 2. The van der Waals surface area contributed by atoms with E-state index in [4.69, 9.17) is 0 Å². The van der Waals surface area contributed by atoms with Gasteiger partial charge in [0, 0.05) is 22.4 Å². The number of carbonyl (C=O) groups is 1. The summed E-state index contributed by atoms with van der Waals surface area (Å²) in [6.07, 6.45) is -1.44. The molecule has 0 bridgehead atoms. The highest BCUT2D eigenvalue weighted by atomic mass is 19.3. The number of anilines is 1. The summed E-state index contributed by atoms with van der Waals surface area (Å²) in [5.41, 5.74) is -0.508. The van der Waals surface area contributed by atoms with Gasteiger partial charge in [0.05, 0.1) is 5.60 Å². The molecule has 1 atom stereocenters. The molecule has 24 heavy (non-hydrogen) atoms. The van der Waals surface area contributed by atoms with Crippen LogP contribution < -0.4 is 5.32 Å². The van der Waals surface area contributed by atoms with E-state index in [0.717, 1.165) is 6.42 Å². The number of alkyl halides is 2. The SMILES string of the molecule is CCCC(C)(O)c1ccccc1NC(=O)c1ccccc1C(F)F. The number of benzene rings is 2. The van der Waals surface area contributed by atoms with Crippen LogP contribution in [0.1, 0.15) is 54.6 Å². The minimum absolute atomic E-state index is 0.0718. The Labute approximate surface area is 140 Å². The Morgan fingerprint density at radius 2 is 1.79 bits per heavy atom. The number of carbonyl (C=O) groups excluding carboxylic acids is 1. The van der Waals surface area contributed by atoms with E-state index in [1.165, 1.54) is 18.2 Å². The van der Waals surface area contributed by atoms with Crippen LogP contribution in [0.2, 0.25) is 0 Å². The van der Waals surface area contributed by atoms with E-state index >= 15 is 0 Å². The molecule has 0 fully saturated rings. The lowest BCUT2D eigenvalue weighted by Crippen LogP contribution is -2.24. The van der Waals surface area contributed by atoms with Gasteiger partial charge in [0.1, 0.15) is 0 Å². The average Bonchev–Trinajstić information content (AvgIpc) is 2.55. The smallest absolute Gasteiger partial charge is 0.264 e. The largest absolute Gasteiger partial charge is 0.385 e. The molecule has 1 unspecified atom stereocenters. The van der Waals surface area contributed by atoms with Gasteiger partial charge in [-0.05, 0) is 25.5 Å². The monoisotopic (exact) mass is 333 g/mol. The molecule has 0 saturated heterocycles. The number of hydrogen-bond acceptors (Lipinski definition) is 2. The fourth-order valence-corrected chi connectivity index (χ4v) is 2.77. The van der Waals surface area contributed by atoms with E-state index in [2.05, 4.69) is 5.32 Å². The highest BCUT2D eigenvalue weighted by molar-refractivity contribution is 6.05. The Morgan fingerprint density at radius 1 is 1.17 bits per heavy atom. The van der Waals surface area contributed by atoms with Crippen LogP contribution >= 0.6 is 0 Å². The van der Waals surface area contributed by atoms with Gasteiger partial charge >= 0.3 is 0 Å². The Kier molecular flexibility index (Phi) is 5.67. The zero-order chi connectivity index (χ0) is 17.7. The van der Waals surface area contributed by atoms with Crippen LogP contribution in [-0.2, 0) is 5.60 Å². The number of rotatable bonds is 6. The Balaban J connectivity index is 2.34. The number of halogens is 2. The van der Waals surface area contributed by atoms with Crippen molar-refractivity contribution in [2.75, 3.05) is 5.32 Å². The minimum atomic E-state index is -2.73. The quantitative estimate of drug-likeness (QED) is 0.791. The normalized spacial score (nSPS) is 13.6. The third kappa shape index (κ3) is 3.97. The van der Waals surface area contributed by atoms with E-state index in [1.807, 2.05) is 6.92 Å². The molecule has 5 heteroatoms. The number of amides is 1. The van der Waals surface area contributed by atoms with E-state index in [-0.39, 0.29) is 11.1 Å². The van der Waals surface area contributed by atoms with Gasteiger partial charge in [-0.15, -0.1) is 0 Å². The van der Waals surface area contributed by atoms with Crippen LogP contribution in [0.4, 0.5) is 14.5 Å². The van der Waals surface area contributed by atoms with Crippen molar-refractivity contribution in [3.8, 4) is 0 Å². The fraction of sp³-hybridized carbons (Fsp3) is 0.316.